The molecule has 1 unspecified atom stereocenters. The molecule has 1 nitrogen and oxygen atoms in total. The van der Waals surface area contributed by atoms with Crippen molar-refractivity contribution in [1.82, 2.24) is 4.98 Å². The van der Waals surface area contributed by atoms with Crippen LogP contribution in [0.2, 0.25) is 0 Å². The highest BCUT2D eigenvalue weighted by atomic mass is 19.1. The molecular weight excluding hydrogens is 129 g/mol. The van der Waals surface area contributed by atoms with Crippen LogP contribution in [0, 0.1) is 6.92 Å². The fourth-order valence-corrected chi connectivity index (χ4v) is 0.715. The van der Waals surface area contributed by atoms with Crippen molar-refractivity contribution in [3.8, 4) is 0 Å². The van der Waals surface area contributed by atoms with Crippen molar-refractivity contribution < 1.29 is 4.39 Å². The normalized spacial score (nSPS) is 13.1. The van der Waals surface area contributed by atoms with E-state index in [2.05, 4.69) is 4.98 Å². The van der Waals surface area contributed by atoms with E-state index in [0.29, 0.717) is 5.56 Å². The monoisotopic (exact) mass is 139 g/mol. The Morgan fingerprint density at radius 2 is 2.20 bits per heavy atom. The van der Waals surface area contributed by atoms with Crippen molar-refractivity contribution >= 4 is 0 Å². The van der Waals surface area contributed by atoms with Gasteiger partial charge in [0.2, 0.25) is 0 Å². The average molecular weight is 139 g/mol. The number of aryl methyl sites for hydroxylation is 1. The summed E-state index contributed by atoms with van der Waals surface area (Å²) in [4.78, 5) is 3.96. The maximum atomic E-state index is 12.5. The van der Waals surface area contributed by atoms with Crippen LogP contribution in [0.3, 0.4) is 0 Å². The SMILES string of the molecule is Cc1ccc(C(C)F)cn1. The number of pyridine rings is 1. The molecule has 0 spiro atoms. The van der Waals surface area contributed by atoms with Gasteiger partial charge in [-0.2, -0.15) is 0 Å². The predicted octanol–water partition coefficient (Wildman–Crippen LogP) is 2.42. The number of alkyl halides is 1. The van der Waals surface area contributed by atoms with Gasteiger partial charge in [0.05, 0.1) is 0 Å². The van der Waals surface area contributed by atoms with Gasteiger partial charge in [-0.15, -0.1) is 0 Å². The Labute approximate surface area is 59.9 Å². The molecule has 0 saturated heterocycles. The highest BCUT2D eigenvalue weighted by Gasteiger charge is 2.00. The molecule has 0 aliphatic carbocycles. The van der Waals surface area contributed by atoms with E-state index in [9.17, 15) is 4.39 Å². The first-order valence-electron chi connectivity index (χ1n) is 3.27. The molecule has 1 heterocycles. The van der Waals surface area contributed by atoms with Crippen molar-refractivity contribution in [2.45, 2.75) is 20.0 Å². The van der Waals surface area contributed by atoms with Crippen molar-refractivity contribution in [2.24, 2.45) is 0 Å². The lowest BCUT2D eigenvalue weighted by atomic mass is 10.2. The molecule has 2 heteroatoms. The quantitative estimate of drug-likeness (QED) is 0.582. The largest absolute Gasteiger partial charge is 0.261 e. The Kier molecular flexibility index (Phi) is 2.00. The van der Waals surface area contributed by atoms with Crippen LogP contribution >= 0.6 is 0 Å². The number of rotatable bonds is 1. The first-order valence-corrected chi connectivity index (χ1v) is 3.27. The van der Waals surface area contributed by atoms with Crippen molar-refractivity contribution in [1.29, 1.82) is 0 Å². The van der Waals surface area contributed by atoms with E-state index in [-0.39, 0.29) is 0 Å². The summed E-state index contributed by atoms with van der Waals surface area (Å²) in [5.74, 6) is 0. The first-order chi connectivity index (χ1) is 4.70. The summed E-state index contributed by atoms with van der Waals surface area (Å²) in [6.07, 6.45) is 0.660. The summed E-state index contributed by atoms with van der Waals surface area (Å²) in [7, 11) is 0. The van der Waals surface area contributed by atoms with E-state index in [4.69, 9.17) is 0 Å². The van der Waals surface area contributed by atoms with Crippen molar-refractivity contribution in [3.63, 3.8) is 0 Å². The topological polar surface area (TPSA) is 12.9 Å². The maximum Gasteiger partial charge on any atom is 0.124 e. The average Bonchev–Trinajstić information content (AvgIpc) is 1.88. The van der Waals surface area contributed by atoms with E-state index >= 15 is 0 Å². The van der Waals surface area contributed by atoms with Crippen LogP contribution in [0.15, 0.2) is 18.3 Å². The number of nitrogens with zero attached hydrogens (tertiary/aromatic N) is 1. The van der Waals surface area contributed by atoms with Gasteiger partial charge in [0.1, 0.15) is 6.17 Å². The van der Waals surface area contributed by atoms with Crippen molar-refractivity contribution in [2.75, 3.05) is 0 Å². The number of hydrogen-bond acceptors (Lipinski definition) is 1. The Hall–Kier alpha value is -0.920. The summed E-state index contributed by atoms with van der Waals surface area (Å²) in [5.41, 5.74) is 1.56. The van der Waals surface area contributed by atoms with Gasteiger partial charge in [0, 0.05) is 17.5 Å². The molecule has 0 bridgehead atoms. The lowest BCUT2D eigenvalue weighted by Crippen LogP contribution is -1.87. The molecule has 10 heavy (non-hydrogen) atoms. The van der Waals surface area contributed by atoms with E-state index in [1.54, 1.807) is 12.3 Å². The summed E-state index contributed by atoms with van der Waals surface area (Å²) >= 11 is 0. The zero-order valence-electron chi connectivity index (χ0n) is 6.13. The minimum absolute atomic E-state index is 0.644. The van der Waals surface area contributed by atoms with Gasteiger partial charge in [-0.25, -0.2) is 4.39 Å². The molecule has 0 aliphatic rings. The molecule has 1 aromatic rings. The molecule has 1 aromatic heterocycles. The second-order valence-corrected chi connectivity index (χ2v) is 2.35. The Bertz CT molecular complexity index is 203. The molecular formula is C8H10FN. The third-order valence-corrected chi connectivity index (χ3v) is 1.39. The highest BCUT2D eigenvalue weighted by Crippen LogP contribution is 2.14. The van der Waals surface area contributed by atoms with Crippen LogP contribution in [0.25, 0.3) is 0 Å². The van der Waals surface area contributed by atoms with Gasteiger partial charge in [-0.3, -0.25) is 4.98 Å². The van der Waals surface area contributed by atoms with Gasteiger partial charge in [-0.05, 0) is 19.9 Å². The zero-order valence-corrected chi connectivity index (χ0v) is 6.13. The van der Waals surface area contributed by atoms with Crippen LogP contribution in [0.1, 0.15) is 24.4 Å². The lowest BCUT2D eigenvalue weighted by molar-refractivity contribution is 0.373. The van der Waals surface area contributed by atoms with E-state index in [1.807, 2.05) is 13.0 Å². The zero-order chi connectivity index (χ0) is 7.56. The smallest absolute Gasteiger partial charge is 0.124 e. The Morgan fingerprint density at radius 3 is 2.60 bits per heavy atom. The fraction of sp³-hybridized carbons (Fsp3) is 0.375. The van der Waals surface area contributed by atoms with Crippen LogP contribution in [-0.2, 0) is 0 Å². The Morgan fingerprint density at radius 1 is 1.50 bits per heavy atom. The van der Waals surface area contributed by atoms with E-state index in [0.717, 1.165) is 5.69 Å². The number of hydrogen-bond donors (Lipinski definition) is 0. The maximum absolute atomic E-state index is 12.5. The summed E-state index contributed by atoms with van der Waals surface area (Å²) in [6.45, 7) is 3.39. The summed E-state index contributed by atoms with van der Waals surface area (Å²) in [5, 5.41) is 0. The molecule has 54 valence electrons. The van der Waals surface area contributed by atoms with Crippen molar-refractivity contribution in [3.05, 3.63) is 29.6 Å². The minimum atomic E-state index is -0.909. The summed E-state index contributed by atoms with van der Waals surface area (Å²) in [6, 6.07) is 3.57. The highest BCUT2D eigenvalue weighted by molar-refractivity contribution is 5.14. The van der Waals surface area contributed by atoms with Crippen LogP contribution < -0.4 is 0 Å². The minimum Gasteiger partial charge on any atom is -0.261 e. The lowest BCUT2D eigenvalue weighted by Gasteiger charge is -1.99. The van der Waals surface area contributed by atoms with E-state index in [1.165, 1.54) is 6.92 Å². The number of halogens is 1. The second kappa shape index (κ2) is 2.78. The first kappa shape index (κ1) is 7.19. The van der Waals surface area contributed by atoms with Gasteiger partial charge >= 0.3 is 0 Å². The molecule has 0 saturated carbocycles. The molecule has 0 fully saturated rings. The second-order valence-electron chi connectivity index (χ2n) is 2.35. The van der Waals surface area contributed by atoms with E-state index < -0.39 is 6.17 Å². The van der Waals surface area contributed by atoms with Gasteiger partial charge in [-0.1, -0.05) is 6.07 Å². The standard InChI is InChI=1S/C8H10FN/c1-6-3-4-8(5-10-6)7(2)9/h3-5,7H,1-2H3. The molecule has 1 atom stereocenters. The molecule has 0 N–H and O–H groups in total. The van der Waals surface area contributed by atoms with Gasteiger partial charge in [0.25, 0.3) is 0 Å². The molecule has 0 aliphatic heterocycles. The van der Waals surface area contributed by atoms with Gasteiger partial charge in [0.15, 0.2) is 0 Å². The third-order valence-electron chi connectivity index (χ3n) is 1.39. The van der Waals surface area contributed by atoms with Gasteiger partial charge < -0.3 is 0 Å². The van der Waals surface area contributed by atoms with Crippen LogP contribution in [0.5, 0.6) is 0 Å². The molecule has 0 amide bonds. The van der Waals surface area contributed by atoms with Crippen LogP contribution in [-0.4, -0.2) is 4.98 Å². The number of aromatic nitrogens is 1. The fourth-order valence-electron chi connectivity index (χ4n) is 0.715. The Balaban J connectivity index is 2.89. The predicted molar refractivity (Wildman–Crippen MR) is 38.5 cm³/mol. The molecule has 1 rings (SSSR count). The third kappa shape index (κ3) is 1.53. The molecule has 0 aromatic carbocycles. The summed E-state index contributed by atoms with van der Waals surface area (Å²) < 4.78 is 12.5. The molecule has 0 radical (unpaired) electrons. The van der Waals surface area contributed by atoms with Crippen LogP contribution in [0.4, 0.5) is 4.39 Å².